The highest BCUT2D eigenvalue weighted by atomic mass is 32.2. The molecule has 4 rings (SSSR count). The zero-order valence-corrected chi connectivity index (χ0v) is 20.3. The van der Waals surface area contributed by atoms with Gasteiger partial charge in [0.25, 0.3) is 5.91 Å². The van der Waals surface area contributed by atoms with Gasteiger partial charge < -0.3 is 4.57 Å². The van der Waals surface area contributed by atoms with Crippen molar-refractivity contribution in [2.24, 2.45) is 0 Å². The first-order chi connectivity index (χ1) is 15.5. The first-order valence-electron chi connectivity index (χ1n) is 11.0. The van der Waals surface area contributed by atoms with Crippen molar-refractivity contribution < 1.29 is 4.79 Å². The molecule has 2 heterocycles. The molecule has 0 bridgehead atoms. The third-order valence-corrected chi connectivity index (χ3v) is 7.17. The predicted octanol–water partition coefficient (Wildman–Crippen LogP) is 6.29. The number of thiazole rings is 1. The van der Waals surface area contributed by atoms with Crippen LogP contribution in [0.2, 0.25) is 0 Å². The van der Waals surface area contributed by atoms with Gasteiger partial charge in [-0.1, -0.05) is 44.2 Å². The zero-order chi connectivity index (χ0) is 22.5. The molecule has 166 valence electrons. The third-order valence-electron chi connectivity index (χ3n) is 5.14. The lowest BCUT2D eigenvalue weighted by Gasteiger charge is -2.20. The second-order valence-corrected chi connectivity index (χ2v) is 10.6. The van der Waals surface area contributed by atoms with Crippen LogP contribution in [0.3, 0.4) is 0 Å². The van der Waals surface area contributed by atoms with Crippen LogP contribution in [-0.4, -0.2) is 32.2 Å². The van der Waals surface area contributed by atoms with Gasteiger partial charge in [-0.15, -0.1) is 11.8 Å². The van der Waals surface area contributed by atoms with Gasteiger partial charge >= 0.3 is 0 Å². The highest BCUT2D eigenvalue weighted by molar-refractivity contribution is 7.99. The van der Waals surface area contributed by atoms with Crippen LogP contribution >= 0.6 is 23.1 Å². The maximum atomic E-state index is 13.6. The van der Waals surface area contributed by atoms with E-state index >= 15 is 0 Å². The molecule has 0 saturated carbocycles. The summed E-state index contributed by atoms with van der Waals surface area (Å²) >= 11 is 3.36. The van der Waals surface area contributed by atoms with Crippen LogP contribution in [0.4, 0.5) is 5.13 Å². The van der Waals surface area contributed by atoms with Crippen molar-refractivity contribution in [2.75, 3.05) is 11.4 Å². The van der Waals surface area contributed by atoms with Crippen LogP contribution in [0.5, 0.6) is 0 Å². The summed E-state index contributed by atoms with van der Waals surface area (Å²) in [5.74, 6) is -0.00314. The Morgan fingerprint density at radius 2 is 2.09 bits per heavy atom. The molecule has 0 aliphatic carbocycles. The number of benzene rings is 2. The minimum Gasteiger partial charge on any atom is -0.337 e. The van der Waals surface area contributed by atoms with E-state index in [0.717, 1.165) is 39.6 Å². The lowest BCUT2D eigenvalue weighted by Crippen LogP contribution is -2.32. The van der Waals surface area contributed by atoms with Gasteiger partial charge in [0.05, 0.1) is 16.5 Å². The normalized spacial score (nSPS) is 11.4. The predicted molar refractivity (Wildman–Crippen MR) is 135 cm³/mol. The first-order valence-corrected chi connectivity index (χ1v) is 12.7. The van der Waals surface area contributed by atoms with E-state index in [1.807, 2.05) is 40.2 Å². The van der Waals surface area contributed by atoms with Gasteiger partial charge in [0.1, 0.15) is 0 Å². The molecule has 0 unspecified atom stereocenters. The van der Waals surface area contributed by atoms with E-state index in [2.05, 4.69) is 50.0 Å². The number of hydrogen-bond acceptors (Lipinski definition) is 5. The van der Waals surface area contributed by atoms with Gasteiger partial charge in [-0.25, -0.2) is 9.97 Å². The van der Waals surface area contributed by atoms with Crippen molar-refractivity contribution in [1.29, 1.82) is 0 Å². The Morgan fingerprint density at radius 1 is 1.22 bits per heavy atom. The minimum atomic E-state index is -0.00314. The number of fused-ring (bicyclic) bond motifs is 1. The molecule has 32 heavy (non-hydrogen) atoms. The fourth-order valence-electron chi connectivity index (χ4n) is 3.54. The molecule has 2 aromatic heterocycles. The second-order valence-electron chi connectivity index (χ2n) is 7.96. The molecule has 0 spiro atoms. The zero-order valence-electron chi connectivity index (χ0n) is 18.7. The number of rotatable bonds is 9. The van der Waals surface area contributed by atoms with Crippen LogP contribution in [0.25, 0.3) is 10.2 Å². The summed E-state index contributed by atoms with van der Waals surface area (Å²) in [5.41, 5.74) is 2.93. The van der Waals surface area contributed by atoms with Crippen LogP contribution in [0, 0.1) is 0 Å². The molecule has 0 fully saturated rings. The summed E-state index contributed by atoms with van der Waals surface area (Å²) in [5, 5.41) is 1.22. The van der Waals surface area contributed by atoms with Crippen molar-refractivity contribution in [2.45, 2.75) is 50.3 Å². The van der Waals surface area contributed by atoms with E-state index in [1.165, 1.54) is 5.56 Å². The Balaban J connectivity index is 1.63. The SMILES string of the molecule is CCc1ccc2nc(N(CCCn3ccnc3)C(=O)c3cccc(SC(C)C)c3)sc2c1. The molecular weight excluding hydrogens is 436 g/mol. The van der Waals surface area contributed by atoms with Gasteiger partial charge in [-0.05, 0) is 48.7 Å². The fourth-order valence-corrected chi connectivity index (χ4v) is 5.49. The first kappa shape index (κ1) is 22.6. The maximum Gasteiger partial charge on any atom is 0.260 e. The van der Waals surface area contributed by atoms with E-state index in [1.54, 1.807) is 29.3 Å². The Hall–Kier alpha value is -2.64. The summed E-state index contributed by atoms with van der Waals surface area (Å²) in [6.45, 7) is 7.87. The number of thioether (sulfide) groups is 1. The van der Waals surface area contributed by atoms with Crippen molar-refractivity contribution in [3.8, 4) is 0 Å². The standard InChI is InChI=1S/C25H28N4OS2/c1-4-19-9-10-22-23(15-19)32-25(27-22)29(13-6-12-28-14-11-26-17-28)24(30)20-7-5-8-21(16-20)31-18(2)3/h5,7-11,14-18H,4,6,12-13H2,1-3H3. The Bertz CT molecular complexity index is 1180. The van der Waals surface area contributed by atoms with Crippen molar-refractivity contribution in [3.05, 3.63) is 72.3 Å². The number of aromatic nitrogens is 3. The lowest BCUT2D eigenvalue weighted by molar-refractivity contribution is 0.0986. The van der Waals surface area contributed by atoms with Gasteiger partial charge in [-0.2, -0.15) is 0 Å². The Labute approximate surface area is 197 Å². The highest BCUT2D eigenvalue weighted by Gasteiger charge is 2.21. The summed E-state index contributed by atoms with van der Waals surface area (Å²) < 4.78 is 3.16. The molecule has 4 aromatic rings. The topological polar surface area (TPSA) is 51.0 Å². The second kappa shape index (κ2) is 10.3. The molecule has 0 atom stereocenters. The summed E-state index contributed by atoms with van der Waals surface area (Å²) in [6, 6.07) is 14.3. The molecule has 2 aromatic carbocycles. The minimum absolute atomic E-state index is 0.00314. The summed E-state index contributed by atoms with van der Waals surface area (Å²) in [7, 11) is 0. The number of hydrogen-bond donors (Lipinski definition) is 0. The molecular formula is C25H28N4OS2. The molecule has 0 N–H and O–H groups in total. The van der Waals surface area contributed by atoms with Gasteiger partial charge in [0, 0.05) is 41.2 Å². The van der Waals surface area contributed by atoms with Crippen molar-refractivity contribution >= 4 is 44.4 Å². The maximum absolute atomic E-state index is 13.6. The number of nitrogens with zero attached hydrogens (tertiary/aromatic N) is 4. The number of amides is 1. The number of aryl methyl sites for hydroxylation is 2. The van der Waals surface area contributed by atoms with Crippen LogP contribution in [0.15, 0.2) is 66.1 Å². The van der Waals surface area contributed by atoms with E-state index in [-0.39, 0.29) is 5.91 Å². The highest BCUT2D eigenvalue weighted by Crippen LogP contribution is 2.31. The number of carbonyl (C=O) groups excluding carboxylic acids is 1. The molecule has 0 aliphatic rings. The summed E-state index contributed by atoms with van der Waals surface area (Å²) in [6.07, 6.45) is 7.33. The monoisotopic (exact) mass is 464 g/mol. The smallest absolute Gasteiger partial charge is 0.260 e. The number of anilines is 1. The average molecular weight is 465 g/mol. The number of carbonyl (C=O) groups is 1. The number of imidazole rings is 1. The van der Waals surface area contributed by atoms with E-state index in [9.17, 15) is 4.79 Å². The molecule has 0 aliphatic heterocycles. The van der Waals surface area contributed by atoms with Crippen LogP contribution in [0.1, 0.15) is 43.1 Å². The van der Waals surface area contributed by atoms with E-state index in [4.69, 9.17) is 4.98 Å². The van der Waals surface area contributed by atoms with Crippen molar-refractivity contribution in [3.63, 3.8) is 0 Å². The molecule has 5 nitrogen and oxygen atoms in total. The van der Waals surface area contributed by atoms with Gasteiger partial charge in [0.2, 0.25) is 0 Å². The molecule has 0 saturated heterocycles. The van der Waals surface area contributed by atoms with Crippen LogP contribution in [-0.2, 0) is 13.0 Å². The van der Waals surface area contributed by atoms with E-state index < -0.39 is 0 Å². The Kier molecular flexibility index (Phi) is 7.27. The fraction of sp³-hybridized carbons (Fsp3) is 0.320. The molecule has 7 heteroatoms. The van der Waals surface area contributed by atoms with Gasteiger partial charge in [0.15, 0.2) is 5.13 Å². The molecule has 1 amide bonds. The molecule has 0 radical (unpaired) electrons. The largest absolute Gasteiger partial charge is 0.337 e. The van der Waals surface area contributed by atoms with Crippen LogP contribution < -0.4 is 4.90 Å². The summed E-state index contributed by atoms with van der Waals surface area (Å²) in [4.78, 5) is 25.5. The van der Waals surface area contributed by atoms with E-state index in [0.29, 0.717) is 17.4 Å². The van der Waals surface area contributed by atoms with Gasteiger partial charge in [-0.3, -0.25) is 9.69 Å². The Morgan fingerprint density at radius 3 is 2.84 bits per heavy atom. The average Bonchev–Trinajstić information content (AvgIpc) is 3.45. The lowest BCUT2D eigenvalue weighted by atomic mass is 10.2. The van der Waals surface area contributed by atoms with Crippen molar-refractivity contribution in [1.82, 2.24) is 14.5 Å². The quantitative estimate of drug-likeness (QED) is 0.273. The third kappa shape index (κ3) is 5.40.